The van der Waals surface area contributed by atoms with E-state index in [-0.39, 0.29) is 12.1 Å². The largest absolute Gasteiger partial charge is 0.504 e. The molecule has 4 aromatic rings. The summed E-state index contributed by atoms with van der Waals surface area (Å²) in [5, 5.41) is 215. The lowest BCUT2D eigenvalue weighted by molar-refractivity contribution is -0.606. The second kappa shape index (κ2) is 15.8. The zero-order chi connectivity index (χ0) is 58.9. The average Bonchev–Trinajstić information content (AvgIpc) is 1.44. The van der Waals surface area contributed by atoms with Crippen LogP contribution in [-0.4, -0.2) is 217 Å². The molecule has 0 aromatic heterocycles. The maximum Gasteiger partial charge on any atom is 0.343 e. The van der Waals surface area contributed by atoms with Crippen molar-refractivity contribution in [2.75, 3.05) is 13.2 Å². The summed E-state index contributed by atoms with van der Waals surface area (Å²) in [6, 6.07) is 1.81. The first-order chi connectivity index (χ1) is 37.8. The van der Waals surface area contributed by atoms with Gasteiger partial charge in [0, 0.05) is 16.7 Å². The van der Waals surface area contributed by atoms with Gasteiger partial charge in [0.15, 0.2) is 69.6 Å². The predicted molar refractivity (Wildman–Crippen MR) is 235 cm³/mol. The molecule has 1 spiro atoms. The van der Waals surface area contributed by atoms with Crippen molar-refractivity contribution < 1.29 is 168 Å². The Morgan fingerprint density at radius 2 is 1.15 bits per heavy atom. The van der Waals surface area contributed by atoms with Crippen LogP contribution in [0.4, 0.5) is 0 Å². The fourth-order valence-electron chi connectivity index (χ4n) is 12.8. The van der Waals surface area contributed by atoms with Crippen LogP contribution in [0.3, 0.4) is 0 Å². The normalized spacial score (nSPS) is 36.7. The van der Waals surface area contributed by atoms with Crippen molar-refractivity contribution in [2.24, 2.45) is 11.3 Å². The highest BCUT2D eigenvalue weighted by atomic mass is 16.9. The quantitative estimate of drug-likeness (QED) is 0.0508. The summed E-state index contributed by atoms with van der Waals surface area (Å²) in [5.74, 6) is -53.7. The lowest BCUT2D eigenvalue weighted by Gasteiger charge is -2.72. The van der Waals surface area contributed by atoms with Gasteiger partial charge in [-0.2, -0.15) is 0 Å². The molecular weight excluding hydrogens is 1110 g/mol. The van der Waals surface area contributed by atoms with Crippen molar-refractivity contribution in [3.05, 3.63) is 58.1 Å². The molecule has 2 unspecified atom stereocenters. The molecule has 14 rings (SSSR count). The molecule has 10 bridgehead atoms. The Hall–Kier alpha value is -9.10. The van der Waals surface area contributed by atoms with Crippen LogP contribution in [-0.2, 0) is 47.5 Å². The SMILES string of the molecule is O=C(O[C@H]1O[C@@H]2COC(=O)c3cc(O)c(O)c(O)c3-c3c(cc(O)c(O)c3O)C(=O)O[C@H]3[C@H]1OC(=O)c1cc(O)c(O)c4c1[C@@H]1C5(C(=O)O[C@@H]32)[C@@H]2[C@](O)([C@@H](O)CO)[C@@]3(O)O[C@]2(O)C(O)(O[C@@]53C(=O)O)[C@]1(O)O4)c1cc(O)c(O)c(O)c1. The summed E-state index contributed by atoms with van der Waals surface area (Å²) in [4.78, 5) is 89.3. The van der Waals surface area contributed by atoms with Gasteiger partial charge in [0.25, 0.3) is 11.6 Å². The van der Waals surface area contributed by atoms with Gasteiger partial charge >= 0.3 is 35.8 Å². The molecule has 0 radical (unpaired) electrons. The van der Waals surface area contributed by atoms with E-state index in [0.29, 0.717) is 18.2 Å². The van der Waals surface area contributed by atoms with E-state index in [9.17, 15) is 111 Å². The van der Waals surface area contributed by atoms with Gasteiger partial charge in [-0.1, -0.05) is 0 Å². The van der Waals surface area contributed by atoms with E-state index in [2.05, 4.69) is 0 Å². The Kier molecular flexibility index (Phi) is 10.3. The number of fused-ring (bicyclic) bond motifs is 3. The summed E-state index contributed by atoms with van der Waals surface area (Å²) < 4.78 is 50.9. The molecule has 10 aliphatic rings. The van der Waals surface area contributed by atoms with Gasteiger partial charge in [-0.05, 0) is 30.3 Å². The first-order valence-corrected chi connectivity index (χ1v) is 23.1. The third kappa shape index (κ3) is 5.66. The number of carboxylic acid groups (broad SMARTS) is 1. The number of aromatic hydroxyl groups is 11. The van der Waals surface area contributed by atoms with E-state index in [1.54, 1.807) is 0 Å². The molecule has 8 heterocycles. The molecule has 15 atom stereocenters. The number of carbonyl (C=O) groups is 6. The molecule has 2 aliphatic carbocycles. The minimum atomic E-state index is -4.45. The van der Waals surface area contributed by atoms with E-state index in [1.807, 2.05) is 0 Å². The summed E-state index contributed by atoms with van der Waals surface area (Å²) in [6.07, 6.45) is -17.1. The molecule has 0 amide bonds. The third-order valence-electron chi connectivity index (χ3n) is 16.1. The lowest BCUT2D eigenvalue weighted by Crippen LogP contribution is -2.96. The average molecular weight is 1140 g/mol. The van der Waals surface area contributed by atoms with Gasteiger partial charge < -0.3 is 140 Å². The van der Waals surface area contributed by atoms with Crippen LogP contribution in [0.25, 0.3) is 11.1 Å². The van der Waals surface area contributed by atoms with E-state index < -0.39 is 245 Å². The number of aliphatic carboxylic acids is 1. The molecule has 5 saturated heterocycles. The van der Waals surface area contributed by atoms with Gasteiger partial charge in [0.1, 0.15) is 24.2 Å². The minimum Gasteiger partial charge on any atom is -0.504 e. The zero-order valence-corrected chi connectivity index (χ0v) is 39.5. The van der Waals surface area contributed by atoms with Crippen LogP contribution in [0.5, 0.6) is 69.0 Å². The number of aliphatic hydroxyl groups excluding tert-OH is 2. The Balaban J connectivity index is 1.16. The van der Waals surface area contributed by atoms with Crippen molar-refractivity contribution in [2.45, 2.75) is 77.1 Å². The monoisotopic (exact) mass is 1140 g/mol. The van der Waals surface area contributed by atoms with E-state index in [1.165, 1.54) is 0 Å². The molecule has 81 heavy (non-hydrogen) atoms. The Morgan fingerprint density at radius 1 is 0.617 bits per heavy atom. The van der Waals surface area contributed by atoms with Crippen LogP contribution in [0.2, 0.25) is 0 Å². The zero-order valence-electron chi connectivity index (χ0n) is 39.5. The molecule has 34 heteroatoms. The molecule has 8 aliphatic heterocycles. The van der Waals surface area contributed by atoms with Gasteiger partial charge in [-0.15, -0.1) is 0 Å². The summed E-state index contributed by atoms with van der Waals surface area (Å²) in [6.45, 7) is -3.36. The van der Waals surface area contributed by atoms with Gasteiger partial charge in [0.2, 0.25) is 46.8 Å². The predicted octanol–water partition coefficient (Wildman–Crippen LogP) is -4.63. The maximum atomic E-state index is 16.3. The lowest BCUT2D eigenvalue weighted by atomic mass is 9.45. The number of phenolic OH excluding ortho intramolecular Hbond substituents is 11. The van der Waals surface area contributed by atoms with Gasteiger partial charge in [0.05, 0.1) is 40.7 Å². The number of carboxylic acids is 1. The number of rotatable bonds is 5. The number of hydrogen-bond donors (Lipinski definition) is 19. The van der Waals surface area contributed by atoms with Crippen LogP contribution >= 0.6 is 0 Å². The summed E-state index contributed by atoms with van der Waals surface area (Å²) in [5.41, 5.74) is -21.3. The second-order valence-corrected chi connectivity index (χ2v) is 19.8. The number of aliphatic hydroxyl groups is 7. The van der Waals surface area contributed by atoms with E-state index >= 15 is 14.4 Å². The highest BCUT2D eigenvalue weighted by Gasteiger charge is 3.12. The van der Waals surface area contributed by atoms with Crippen LogP contribution in [0, 0.1) is 11.3 Å². The topological polar surface area (TPSA) is 570 Å². The minimum absolute atomic E-state index is 0.241. The fraction of sp³-hybridized carbons (Fsp3) is 0.362. The van der Waals surface area contributed by atoms with Crippen LogP contribution < -0.4 is 4.74 Å². The maximum absolute atomic E-state index is 16.3. The van der Waals surface area contributed by atoms with Crippen molar-refractivity contribution >= 4 is 35.8 Å². The number of esters is 5. The van der Waals surface area contributed by atoms with Gasteiger partial charge in [-0.25, -0.2) is 24.0 Å². The Bertz CT molecular complexity index is 3610. The van der Waals surface area contributed by atoms with E-state index in [0.717, 1.165) is 0 Å². The Labute approximate surface area is 443 Å². The molecule has 19 N–H and O–H groups in total. The van der Waals surface area contributed by atoms with Crippen LogP contribution in [0.1, 0.15) is 52.9 Å². The first-order valence-electron chi connectivity index (χ1n) is 23.1. The first kappa shape index (κ1) is 52.6. The number of ether oxygens (including phenoxy) is 9. The fourth-order valence-corrected chi connectivity index (χ4v) is 12.8. The smallest absolute Gasteiger partial charge is 0.343 e. The number of phenols is 11. The standard InChI is InChI=1S/C47H36O34/c48-6-18(54)42(68)38-41-32-21-11(5-16(53)25(58)29(21)79-44(32,69)47(72)45(38,70)81-46(42,71)43(41,80-47)39(65)66)36(64)76-31-30-28(77-40(41)67)17(74-37(31)78-33(61)8-1-12(49)22(55)13(50)2-8)7-73-34(62)9-3-14(51)23(56)26(59)19(9)20-10(35(63)75-30)4-15(52)24(57)27(20)60/h1-5,17-18,28,30-32,37-38,48-60,68-72H,6-7H2,(H,65,66)/t17-,18+,28-,30-,31-,32-,37-,38-,41?,42-,43+,44-,45+,46-,47?/m1/s1. The van der Waals surface area contributed by atoms with Crippen molar-refractivity contribution in [1.29, 1.82) is 0 Å². The van der Waals surface area contributed by atoms with Crippen molar-refractivity contribution in [3.8, 4) is 80.1 Å². The number of carbonyl (C=O) groups excluding carboxylic acids is 5. The van der Waals surface area contributed by atoms with Crippen molar-refractivity contribution in [1.82, 2.24) is 0 Å². The van der Waals surface area contributed by atoms with Crippen LogP contribution in [0.15, 0.2) is 30.3 Å². The second-order valence-electron chi connectivity index (χ2n) is 19.8. The summed E-state index contributed by atoms with van der Waals surface area (Å²) in [7, 11) is 0. The number of benzene rings is 4. The molecule has 2 saturated carbocycles. The highest BCUT2D eigenvalue weighted by Crippen LogP contribution is 2.88. The Morgan fingerprint density at radius 3 is 1.73 bits per heavy atom. The van der Waals surface area contributed by atoms with Crippen molar-refractivity contribution in [3.63, 3.8) is 0 Å². The number of hydrogen-bond acceptors (Lipinski definition) is 33. The molecule has 4 aromatic carbocycles. The molecule has 34 nitrogen and oxygen atoms in total. The third-order valence-corrected chi connectivity index (χ3v) is 16.1. The molecule has 7 fully saturated rings. The highest BCUT2D eigenvalue weighted by molar-refractivity contribution is 6.08. The number of cyclic esters (lactones) is 1. The molecule has 428 valence electrons. The van der Waals surface area contributed by atoms with Gasteiger partial charge in [-0.3, -0.25) is 4.79 Å². The molecular formula is C47H36O34. The summed E-state index contributed by atoms with van der Waals surface area (Å²) >= 11 is 0. The van der Waals surface area contributed by atoms with E-state index in [4.69, 9.17) is 42.6 Å².